The topological polar surface area (TPSA) is 114 Å². The van der Waals surface area contributed by atoms with Crippen molar-refractivity contribution in [1.29, 1.82) is 5.26 Å². The summed E-state index contributed by atoms with van der Waals surface area (Å²) in [6.07, 6.45) is 2.40. The molecule has 2 rings (SSSR count). The molecule has 9 nitrogen and oxygen atoms in total. The minimum absolute atomic E-state index is 0.0413. The van der Waals surface area contributed by atoms with Crippen LogP contribution >= 0.6 is 11.3 Å². The average molecular weight is 485 g/mol. The smallest absolute Gasteiger partial charge is 0.414 e. The number of hydrogen-bond acceptors (Lipinski definition) is 8. The van der Waals surface area contributed by atoms with Crippen molar-refractivity contribution in [2.75, 3.05) is 23.9 Å². The highest BCUT2D eigenvalue weighted by Crippen LogP contribution is 2.20. The molecule has 1 aromatic heterocycles. The van der Waals surface area contributed by atoms with Crippen LogP contribution in [0.15, 0.2) is 41.7 Å². The van der Waals surface area contributed by atoms with Crippen molar-refractivity contribution in [3.05, 3.63) is 56.5 Å². The molecule has 0 aliphatic heterocycles. The molecule has 10 heteroatoms. The van der Waals surface area contributed by atoms with Gasteiger partial charge in [0.15, 0.2) is 5.57 Å². The van der Waals surface area contributed by atoms with Gasteiger partial charge in [-0.05, 0) is 45.9 Å². The largest absolute Gasteiger partial charge is 0.457 e. The standard InChI is InChI=1S/C24H28N4O5S/c1-7-12-32-22(30)18(14-25)21-28(8-2)20(29)19(34-21)15-26-16-10-9-11-17(13-16)27(6)23(31)33-24(3,4)5/h7,9-11,13,15,26H,1,8,12H2,2-6H3/b19-15+,21-18-. The number of nitrogens with zero attached hydrogens (tertiary/aromatic N) is 3. The second-order valence-electron chi connectivity index (χ2n) is 8.07. The lowest BCUT2D eigenvalue weighted by atomic mass is 10.2. The molecule has 0 aliphatic rings. The van der Waals surface area contributed by atoms with Crippen molar-refractivity contribution in [3.8, 4) is 6.07 Å². The molecule has 0 unspecified atom stereocenters. The summed E-state index contributed by atoms with van der Waals surface area (Å²) in [5.74, 6) is -0.816. The van der Waals surface area contributed by atoms with Gasteiger partial charge in [0.1, 0.15) is 27.5 Å². The van der Waals surface area contributed by atoms with Gasteiger partial charge in [-0.2, -0.15) is 5.26 Å². The monoisotopic (exact) mass is 484 g/mol. The van der Waals surface area contributed by atoms with Crippen molar-refractivity contribution < 1.29 is 19.1 Å². The Kier molecular flexibility index (Phi) is 8.81. The first kappa shape index (κ1) is 26.4. The number of esters is 1. The maximum absolute atomic E-state index is 12.8. The van der Waals surface area contributed by atoms with Crippen molar-refractivity contribution in [2.24, 2.45) is 0 Å². The van der Waals surface area contributed by atoms with Crippen LogP contribution in [0.4, 0.5) is 16.2 Å². The Hall–Kier alpha value is -3.84. The fraction of sp³-hybridized carbons (Fsp3) is 0.333. The van der Waals surface area contributed by atoms with Gasteiger partial charge in [0.2, 0.25) is 0 Å². The summed E-state index contributed by atoms with van der Waals surface area (Å²) in [4.78, 5) is 38.8. The van der Waals surface area contributed by atoms with Crippen molar-refractivity contribution >= 4 is 46.5 Å². The van der Waals surface area contributed by atoms with E-state index < -0.39 is 17.7 Å². The average Bonchev–Trinajstić information content (AvgIpc) is 3.10. The molecule has 2 aromatic rings. The number of nitriles is 1. The molecule has 0 saturated carbocycles. The van der Waals surface area contributed by atoms with Crippen LogP contribution in [0.25, 0.3) is 11.8 Å². The van der Waals surface area contributed by atoms with Crippen LogP contribution in [0.5, 0.6) is 0 Å². The number of anilines is 2. The van der Waals surface area contributed by atoms with Gasteiger partial charge in [-0.15, -0.1) is 11.3 Å². The summed E-state index contributed by atoms with van der Waals surface area (Å²) in [5.41, 5.74) is 0.00564. The Bertz CT molecular complexity index is 1290. The third-order valence-electron chi connectivity index (χ3n) is 4.36. The van der Waals surface area contributed by atoms with E-state index >= 15 is 0 Å². The molecule has 0 bridgehead atoms. The number of benzene rings is 1. The highest BCUT2D eigenvalue weighted by molar-refractivity contribution is 7.07. The van der Waals surface area contributed by atoms with Crippen molar-refractivity contribution in [3.63, 3.8) is 0 Å². The second kappa shape index (κ2) is 11.3. The lowest BCUT2D eigenvalue weighted by molar-refractivity contribution is -0.135. The molecule has 34 heavy (non-hydrogen) atoms. The summed E-state index contributed by atoms with van der Waals surface area (Å²) < 4.78 is 12.2. The third-order valence-corrected chi connectivity index (χ3v) is 5.49. The van der Waals surface area contributed by atoms with Crippen LogP contribution in [0, 0.1) is 11.3 Å². The minimum atomic E-state index is -0.816. The highest BCUT2D eigenvalue weighted by Gasteiger charge is 2.21. The first-order valence-corrected chi connectivity index (χ1v) is 11.3. The number of carbonyl (C=O) groups excluding carboxylic acids is 2. The van der Waals surface area contributed by atoms with Gasteiger partial charge in [-0.1, -0.05) is 18.7 Å². The molecule has 0 fully saturated rings. The van der Waals surface area contributed by atoms with Crippen LogP contribution in [0.2, 0.25) is 0 Å². The van der Waals surface area contributed by atoms with Gasteiger partial charge in [-0.25, -0.2) is 9.59 Å². The fourth-order valence-electron chi connectivity index (χ4n) is 2.77. The summed E-state index contributed by atoms with van der Waals surface area (Å²) >= 11 is 1.01. The first-order valence-electron chi connectivity index (χ1n) is 10.5. The number of ether oxygens (including phenoxy) is 2. The van der Waals surface area contributed by atoms with Crippen LogP contribution in [0.1, 0.15) is 27.7 Å². The van der Waals surface area contributed by atoms with E-state index in [1.807, 2.05) is 6.07 Å². The summed E-state index contributed by atoms with van der Waals surface area (Å²) in [6.45, 7) is 10.8. The number of rotatable bonds is 7. The molecule has 0 radical (unpaired) electrons. The van der Waals surface area contributed by atoms with E-state index in [0.29, 0.717) is 15.9 Å². The zero-order valence-corrected chi connectivity index (χ0v) is 20.7. The Morgan fingerprint density at radius 1 is 1.35 bits per heavy atom. The summed E-state index contributed by atoms with van der Waals surface area (Å²) in [6, 6.07) is 8.85. The fourth-order valence-corrected chi connectivity index (χ4v) is 3.85. The van der Waals surface area contributed by atoms with E-state index in [2.05, 4.69) is 11.9 Å². The minimum Gasteiger partial charge on any atom is -0.457 e. The number of thiazole rings is 1. The van der Waals surface area contributed by atoms with Crippen LogP contribution in [-0.2, 0) is 20.8 Å². The molecule has 0 saturated heterocycles. The summed E-state index contributed by atoms with van der Waals surface area (Å²) in [7, 11) is 1.60. The van der Waals surface area contributed by atoms with Crippen LogP contribution in [-0.4, -0.2) is 35.9 Å². The molecule has 0 atom stereocenters. The highest BCUT2D eigenvalue weighted by atomic mass is 32.1. The number of amides is 1. The van der Waals surface area contributed by atoms with Crippen LogP contribution in [0.3, 0.4) is 0 Å². The molecule has 1 N–H and O–H groups in total. The molecular weight excluding hydrogens is 456 g/mol. The van der Waals surface area contributed by atoms with Gasteiger partial charge < -0.3 is 14.8 Å². The second-order valence-corrected chi connectivity index (χ2v) is 9.10. The molecule has 0 spiro atoms. The third kappa shape index (κ3) is 6.59. The Morgan fingerprint density at radius 2 is 2.06 bits per heavy atom. The normalized spacial score (nSPS) is 12.4. The molecule has 1 aromatic carbocycles. The number of carbonyl (C=O) groups is 2. The molecule has 1 heterocycles. The lowest BCUT2D eigenvalue weighted by Crippen LogP contribution is -2.34. The predicted molar refractivity (Wildman–Crippen MR) is 133 cm³/mol. The summed E-state index contributed by atoms with van der Waals surface area (Å²) in [5, 5.41) is 12.5. The molecule has 0 aliphatic carbocycles. The maximum Gasteiger partial charge on any atom is 0.414 e. The Morgan fingerprint density at radius 3 is 2.65 bits per heavy atom. The number of nitrogens with one attached hydrogen (secondary N) is 1. The molecular formula is C24H28N4O5S. The van der Waals surface area contributed by atoms with Gasteiger partial charge >= 0.3 is 12.1 Å². The lowest BCUT2D eigenvalue weighted by Gasteiger charge is -2.24. The number of aromatic nitrogens is 1. The van der Waals surface area contributed by atoms with Gasteiger partial charge in [0, 0.05) is 31.2 Å². The van der Waals surface area contributed by atoms with Crippen molar-refractivity contribution in [1.82, 2.24) is 4.57 Å². The van der Waals surface area contributed by atoms with E-state index in [4.69, 9.17) is 9.47 Å². The van der Waals surface area contributed by atoms with E-state index in [-0.39, 0.29) is 28.9 Å². The quantitative estimate of drug-likeness (QED) is 0.475. The van der Waals surface area contributed by atoms with E-state index in [9.17, 15) is 19.6 Å². The Balaban J connectivity index is 2.41. The SMILES string of the molecule is C=CCOC(=O)/C(C#N)=c1\s/c(=C/Nc2cccc(N(C)C(=O)OC(C)(C)C)c2)c(=O)n1CC. The zero-order valence-electron chi connectivity index (χ0n) is 19.9. The zero-order chi connectivity index (χ0) is 25.5. The molecule has 1 amide bonds. The van der Waals surface area contributed by atoms with E-state index in [0.717, 1.165) is 11.3 Å². The molecule has 180 valence electrons. The van der Waals surface area contributed by atoms with Crippen LogP contribution < -0.4 is 25.0 Å². The first-order chi connectivity index (χ1) is 16.0. The van der Waals surface area contributed by atoms with Gasteiger partial charge in [0.05, 0.1) is 0 Å². The Labute approximate surface area is 201 Å². The van der Waals surface area contributed by atoms with Crippen molar-refractivity contribution in [2.45, 2.75) is 39.8 Å². The van der Waals surface area contributed by atoms with E-state index in [1.165, 1.54) is 21.7 Å². The maximum atomic E-state index is 12.8. The number of hydrogen-bond donors (Lipinski definition) is 1. The van der Waals surface area contributed by atoms with Gasteiger partial charge in [-0.3, -0.25) is 14.3 Å². The van der Waals surface area contributed by atoms with Gasteiger partial charge in [0.25, 0.3) is 5.56 Å². The van der Waals surface area contributed by atoms with E-state index in [1.54, 1.807) is 59.0 Å². The predicted octanol–water partition coefficient (Wildman–Crippen LogP) is 2.55.